The van der Waals surface area contributed by atoms with Crippen molar-refractivity contribution in [1.29, 1.82) is 0 Å². The van der Waals surface area contributed by atoms with Crippen molar-refractivity contribution < 1.29 is 0 Å². The molecule has 3 rings (SSSR count). The molecule has 1 aromatic heterocycles. The number of H-pyrrole nitrogens is 1. The van der Waals surface area contributed by atoms with Crippen molar-refractivity contribution in [2.24, 2.45) is 0 Å². The third kappa shape index (κ3) is 2.13. The molecule has 1 aromatic carbocycles. The predicted octanol–water partition coefficient (Wildman–Crippen LogP) is 2.06. The van der Waals surface area contributed by atoms with Crippen LogP contribution in [0.5, 0.6) is 0 Å². The summed E-state index contributed by atoms with van der Waals surface area (Å²) in [7, 11) is 0. The van der Waals surface area contributed by atoms with Crippen LogP contribution in [-0.4, -0.2) is 16.7 Å². The molecule has 3 nitrogen and oxygen atoms in total. The lowest BCUT2D eigenvalue weighted by molar-refractivity contribution is 1.09. The topological polar surface area (TPSA) is 40.7 Å². The Morgan fingerprint density at radius 2 is 2.07 bits per heavy atom. The van der Waals surface area contributed by atoms with E-state index in [-0.39, 0.29) is 0 Å². The number of para-hydroxylation sites is 1. The number of hydrogen-bond donors (Lipinski definition) is 2. The molecule has 2 N–H and O–H groups in total. The van der Waals surface area contributed by atoms with Gasteiger partial charge >= 0.3 is 0 Å². The summed E-state index contributed by atoms with van der Waals surface area (Å²) in [5, 5.41) is 9.51. The standard InChI is InChI=1S/C8H9N.C3H4N2/c1-2-4-8-7(3-1)5-6-9-8;1-2-4-5-3-1/h1-4,9H,5-6H2;1-3H,(H,4,5). The zero-order valence-corrected chi connectivity index (χ0v) is 7.90. The van der Waals surface area contributed by atoms with Crippen molar-refractivity contribution in [3.8, 4) is 0 Å². The summed E-state index contributed by atoms with van der Waals surface area (Å²) in [5.41, 5.74) is 2.77. The maximum atomic E-state index is 3.60. The Kier molecular flexibility index (Phi) is 2.81. The van der Waals surface area contributed by atoms with Crippen molar-refractivity contribution >= 4 is 5.69 Å². The van der Waals surface area contributed by atoms with Crippen molar-refractivity contribution in [1.82, 2.24) is 10.2 Å². The third-order valence-corrected chi connectivity index (χ3v) is 2.13. The first-order valence-corrected chi connectivity index (χ1v) is 4.72. The Morgan fingerprint density at radius 1 is 1.14 bits per heavy atom. The molecular weight excluding hydrogens is 174 g/mol. The normalized spacial score (nSPS) is 12.3. The Bertz CT molecular complexity index is 328. The maximum Gasteiger partial charge on any atom is 0.0487 e. The van der Waals surface area contributed by atoms with E-state index in [1.807, 2.05) is 6.07 Å². The van der Waals surface area contributed by atoms with Crippen LogP contribution in [0.3, 0.4) is 0 Å². The fourth-order valence-electron chi connectivity index (χ4n) is 1.46. The van der Waals surface area contributed by atoms with Crippen LogP contribution in [0.2, 0.25) is 0 Å². The highest BCUT2D eigenvalue weighted by Crippen LogP contribution is 2.19. The SMILES string of the molecule is c1ccc2c(c1)CCN2.c1cn[nH]c1. The molecule has 0 fully saturated rings. The fourth-order valence-corrected chi connectivity index (χ4v) is 1.46. The number of aromatic nitrogens is 2. The number of fused-ring (bicyclic) bond motifs is 1. The average molecular weight is 187 g/mol. The summed E-state index contributed by atoms with van der Waals surface area (Å²) in [4.78, 5) is 0. The molecule has 0 saturated heterocycles. The van der Waals surface area contributed by atoms with Gasteiger partial charge in [-0.2, -0.15) is 5.10 Å². The molecule has 0 saturated carbocycles. The Morgan fingerprint density at radius 3 is 2.71 bits per heavy atom. The Labute approximate surface area is 83.2 Å². The van der Waals surface area contributed by atoms with E-state index in [0.29, 0.717) is 0 Å². The number of rotatable bonds is 0. The van der Waals surface area contributed by atoms with Crippen LogP contribution in [0.4, 0.5) is 5.69 Å². The highest BCUT2D eigenvalue weighted by atomic mass is 15.1. The van der Waals surface area contributed by atoms with Gasteiger partial charge < -0.3 is 5.32 Å². The zero-order valence-electron chi connectivity index (χ0n) is 7.90. The molecule has 0 spiro atoms. The van der Waals surface area contributed by atoms with Crippen molar-refractivity contribution in [2.75, 3.05) is 11.9 Å². The van der Waals surface area contributed by atoms with E-state index in [1.165, 1.54) is 17.7 Å². The smallest absolute Gasteiger partial charge is 0.0487 e. The quantitative estimate of drug-likeness (QED) is 0.662. The van der Waals surface area contributed by atoms with E-state index >= 15 is 0 Å². The summed E-state index contributed by atoms with van der Waals surface area (Å²) >= 11 is 0. The molecule has 0 aliphatic carbocycles. The lowest BCUT2D eigenvalue weighted by Crippen LogP contribution is -1.90. The van der Waals surface area contributed by atoms with Crippen LogP contribution in [0.15, 0.2) is 42.7 Å². The summed E-state index contributed by atoms with van der Waals surface area (Å²) in [6, 6.07) is 10.3. The number of nitrogens with zero attached hydrogens (tertiary/aromatic N) is 1. The second-order valence-electron chi connectivity index (χ2n) is 3.10. The van der Waals surface area contributed by atoms with E-state index in [2.05, 4.69) is 39.8 Å². The third-order valence-electron chi connectivity index (χ3n) is 2.13. The summed E-state index contributed by atoms with van der Waals surface area (Å²) in [6.07, 6.45) is 4.65. The molecule has 0 radical (unpaired) electrons. The Hall–Kier alpha value is -1.77. The van der Waals surface area contributed by atoms with Gasteiger partial charge in [0.25, 0.3) is 0 Å². The van der Waals surface area contributed by atoms with Gasteiger partial charge in [0, 0.05) is 24.6 Å². The second-order valence-corrected chi connectivity index (χ2v) is 3.10. The maximum absolute atomic E-state index is 3.60. The van der Waals surface area contributed by atoms with Crippen LogP contribution < -0.4 is 5.32 Å². The molecule has 0 amide bonds. The van der Waals surface area contributed by atoms with Crippen LogP contribution >= 0.6 is 0 Å². The van der Waals surface area contributed by atoms with E-state index < -0.39 is 0 Å². The van der Waals surface area contributed by atoms with Crippen molar-refractivity contribution in [2.45, 2.75) is 6.42 Å². The Balaban J connectivity index is 0.000000128. The second kappa shape index (κ2) is 4.46. The molecule has 72 valence electrons. The molecule has 0 bridgehead atoms. The summed E-state index contributed by atoms with van der Waals surface area (Å²) in [5.74, 6) is 0. The monoisotopic (exact) mass is 187 g/mol. The molecule has 3 heteroatoms. The average Bonchev–Trinajstić information content (AvgIpc) is 2.92. The van der Waals surface area contributed by atoms with Gasteiger partial charge in [0.1, 0.15) is 0 Å². The van der Waals surface area contributed by atoms with Crippen LogP contribution in [0.1, 0.15) is 5.56 Å². The lowest BCUT2D eigenvalue weighted by Gasteiger charge is -1.94. The first kappa shape index (κ1) is 8.81. The fraction of sp³-hybridized carbons (Fsp3) is 0.182. The first-order chi connectivity index (χ1) is 6.97. The minimum Gasteiger partial charge on any atom is -0.384 e. The number of anilines is 1. The highest BCUT2D eigenvalue weighted by Gasteiger charge is 2.05. The molecule has 1 aliphatic heterocycles. The van der Waals surface area contributed by atoms with Gasteiger partial charge in [-0.3, -0.25) is 5.10 Å². The number of benzene rings is 1. The van der Waals surface area contributed by atoms with E-state index in [4.69, 9.17) is 0 Å². The first-order valence-electron chi connectivity index (χ1n) is 4.72. The van der Waals surface area contributed by atoms with Crippen LogP contribution in [-0.2, 0) is 6.42 Å². The van der Waals surface area contributed by atoms with Crippen LogP contribution in [0, 0.1) is 0 Å². The minimum atomic E-state index is 1.11. The van der Waals surface area contributed by atoms with Crippen molar-refractivity contribution in [3.63, 3.8) is 0 Å². The van der Waals surface area contributed by atoms with Gasteiger partial charge in [-0.15, -0.1) is 0 Å². The molecule has 0 unspecified atom stereocenters. The number of nitrogens with one attached hydrogen (secondary N) is 2. The van der Waals surface area contributed by atoms with Gasteiger partial charge in [0.15, 0.2) is 0 Å². The number of hydrogen-bond acceptors (Lipinski definition) is 2. The van der Waals surface area contributed by atoms with Gasteiger partial charge in [-0.1, -0.05) is 18.2 Å². The summed E-state index contributed by atoms with van der Waals surface area (Å²) in [6.45, 7) is 1.11. The van der Waals surface area contributed by atoms with Gasteiger partial charge in [-0.05, 0) is 24.1 Å². The minimum absolute atomic E-state index is 1.11. The number of aromatic amines is 1. The summed E-state index contributed by atoms with van der Waals surface area (Å²) < 4.78 is 0. The predicted molar refractivity (Wildman–Crippen MR) is 57.2 cm³/mol. The molecule has 2 aromatic rings. The molecule has 14 heavy (non-hydrogen) atoms. The largest absolute Gasteiger partial charge is 0.384 e. The van der Waals surface area contributed by atoms with E-state index in [0.717, 1.165) is 6.54 Å². The molecule has 1 aliphatic rings. The molecular formula is C11H13N3. The van der Waals surface area contributed by atoms with Crippen molar-refractivity contribution in [3.05, 3.63) is 48.3 Å². The highest BCUT2D eigenvalue weighted by molar-refractivity contribution is 5.54. The van der Waals surface area contributed by atoms with Gasteiger partial charge in [0.2, 0.25) is 0 Å². The van der Waals surface area contributed by atoms with Gasteiger partial charge in [0.05, 0.1) is 0 Å². The van der Waals surface area contributed by atoms with Crippen LogP contribution in [0.25, 0.3) is 0 Å². The molecule has 2 heterocycles. The molecule has 0 atom stereocenters. The lowest BCUT2D eigenvalue weighted by atomic mass is 10.2. The van der Waals surface area contributed by atoms with E-state index in [1.54, 1.807) is 12.4 Å². The van der Waals surface area contributed by atoms with Gasteiger partial charge in [-0.25, -0.2) is 0 Å². The van der Waals surface area contributed by atoms with E-state index in [9.17, 15) is 0 Å². The zero-order chi connectivity index (χ0) is 9.64.